The van der Waals surface area contributed by atoms with Crippen molar-refractivity contribution in [2.24, 2.45) is 11.3 Å². The van der Waals surface area contributed by atoms with E-state index >= 15 is 0 Å². The number of nitro benzene ring substituents is 1. The maximum atomic E-state index is 13.7. The summed E-state index contributed by atoms with van der Waals surface area (Å²) in [6.45, 7) is 9.57. The van der Waals surface area contributed by atoms with Crippen LogP contribution in [0.3, 0.4) is 0 Å². The number of likely N-dealkylation sites (tertiary alicyclic amines) is 1. The van der Waals surface area contributed by atoms with Gasteiger partial charge in [0.05, 0.1) is 10.8 Å². The number of carbonyl (C=O) groups is 2. The molecule has 2 unspecified atom stereocenters. The van der Waals surface area contributed by atoms with Gasteiger partial charge in [-0.25, -0.2) is 0 Å². The minimum absolute atomic E-state index is 0.0238. The zero-order valence-electron chi connectivity index (χ0n) is 18.4. The number of hydrogen-bond donors (Lipinski definition) is 1. The lowest BCUT2D eigenvalue weighted by Gasteiger charge is -2.44. The smallest absolute Gasteiger partial charge is 0.288 e. The van der Waals surface area contributed by atoms with Crippen molar-refractivity contribution in [3.63, 3.8) is 0 Å². The van der Waals surface area contributed by atoms with E-state index in [0.717, 1.165) is 25.0 Å². The van der Waals surface area contributed by atoms with Crippen molar-refractivity contribution in [1.82, 2.24) is 10.2 Å². The third-order valence-electron chi connectivity index (χ3n) is 6.71. The van der Waals surface area contributed by atoms with Gasteiger partial charge in [0.15, 0.2) is 5.78 Å². The number of nitrogens with zero attached hydrogens (tertiary/aromatic N) is 2. The summed E-state index contributed by atoms with van der Waals surface area (Å²) in [7, 11) is 0. The Balaban J connectivity index is 1.86. The second-order valence-electron chi connectivity index (χ2n) is 9.79. The van der Waals surface area contributed by atoms with Crippen LogP contribution in [0.4, 0.5) is 5.69 Å². The maximum Gasteiger partial charge on any atom is 0.288 e. The van der Waals surface area contributed by atoms with E-state index in [2.05, 4.69) is 11.9 Å². The molecule has 0 spiro atoms. The zero-order valence-corrected chi connectivity index (χ0v) is 19.2. The topological polar surface area (TPSA) is 92.5 Å². The molecule has 8 heteroatoms. The van der Waals surface area contributed by atoms with Crippen molar-refractivity contribution >= 4 is 29.0 Å². The highest BCUT2D eigenvalue weighted by Gasteiger charge is 2.47. The summed E-state index contributed by atoms with van der Waals surface area (Å²) >= 11 is 6.06. The van der Waals surface area contributed by atoms with Crippen molar-refractivity contribution in [1.29, 1.82) is 0 Å². The molecule has 7 nitrogen and oxygen atoms in total. The van der Waals surface area contributed by atoms with Gasteiger partial charge in [0.2, 0.25) is 5.91 Å². The van der Waals surface area contributed by atoms with Crippen molar-refractivity contribution in [3.8, 4) is 0 Å². The number of benzene rings is 1. The summed E-state index contributed by atoms with van der Waals surface area (Å²) < 4.78 is 0. The number of piperidine rings is 1. The van der Waals surface area contributed by atoms with Crippen molar-refractivity contribution < 1.29 is 14.5 Å². The first-order valence-corrected chi connectivity index (χ1v) is 11.4. The number of allylic oxidation sites excluding steroid dienone is 2. The minimum Gasteiger partial charge on any atom is -0.362 e. The van der Waals surface area contributed by atoms with Crippen LogP contribution < -0.4 is 5.32 Å². The van der Waals surface area contributed by atoms with Crippen LogP contribution in [0.5, 0.6) is 0 Å². The van der Waals surface area contributed by atoms with Crippen LogP contribution >= 0.6 is 11.6 Å². The SMILES string of the molecule is C=C1NC2=C(C(=O)CC(C)(C)C2)C(c2ccc(Cl)c([N+](=O)[O-])c2)C1C(=O)N1CCCCC1. The molecule has 2 heterocycles. The van der Waals surface area contributed by atoms with Crippen molar-refractivity contribution in [2.75, 3.05) is 13.1 Å². The molecule has 1 aromatic carbocycles. The van der Waals surface area contributed by atoms with E-state index < -0.39 is 16.8 Å². The fraction of sp³-hybridized carbons (Fsp3) is 0.500. The Morgan fingerprint density at radius 2 is 1.94 bits per heavy atom. The molecule has 1 aromatic rings. The van der Waals surface area contributed by atoms with Crippen LogP contribution in [0.25, 0.3) is 0 Å². The van der Waals surface area contributed by atoms with Crippen LogP contribution in [-0.2, 0) is 9.59 Å². The molecule has 2 aliphatic heterocycles. The van der Waals surface area contributed by atoms with E-state index in [0.29, 0.717) is 42.8 Å². The largest absolute Gasteiger partial charge is 0.362 e. The Labute approximate surface area is 192 Å². The zero-order chi connectivity index (χ0) is 23.2. The fourth-order valence-electron chi connectivity index (χ4n) is 5.27. The molecule has 0 saturated carbocycles. The highest BCUT2D eigenvalue weighted by atomic mass is 35.5. The molecule has 1 aliphatic carbocycles. The average molecular weight is 458 g/mol. The number of halogens is 1. The number of nitrogens with one attached hydrogen (secondary N) is 1. The lowest BCUT2D eigenvalue weighted by molar-refractivity contribution is -0.384. The third kappa shape index (κ3) is 4.06. The molecule has 1 fully saturated rings. The van der Waals surface area contributed by atoms with Gasteiger partial charge in [0.25, 0.3) is 5.69 Å². The molecule has 0 aromatic heterocycles. The van der Waals surface area contributed by atoms with E-state index in [1.165, 1.54) is 12.1 Å². The van der Waals surface area contributed by atoms with Gasteiger partial charge in [-0.2, -0.15) is 0 Å². The second-order valence-corrected chi connectivity index (χ2v) is 10.2. The van der Waals surface area contributed by atoms with Gasteiger partial charge in [-0.05, 0) is 42.7 Å². The number of Topliss-reactive ketones (excluding diaryl/α,β-unsaturated/α-hetero) is 1. The summed E-state index contributed by atoms with van der Waals surface area (Å²) in [5.41, 5.74) is 1.93. The molecule has 3 aliphatic rings. The monoisotopic (exact) mass is 457 g/mol. The summed E-state index contributed by atoms with van der Waals surface area (Å²) in [6.07, 6.45) is 3.97. The van der Waals surface area contributed by atoms with Gasteiger partial charge < -0.3 is 10.2 Å². The molecule has 1 N–H and O–H groups in total. The van der Waals surface area contributed by atoms with Gasteiger partial charge in [0.1, 0.15) is 5.02 Å². The summed E-state index contributed by atoms with van der Waals surface area (Å²) in [5, 5.41) is 14.9. The fourth-order valence-corrected chi connectivity index (χ4v) is 5.46. The van der Waals surface area contributed by atoms with Crippen molar-refractivity contribution in [2.45, 2.75) is 51.9 Å². The second kappa shape index (κ2) is 8.35. The Morgan fingerprint density at radius 1 is 1.25 bits per heavy atom. The Hall–Kier alpha value is -2.67. The average Bonchev–Trinajstić information content (AvgIpc) is 2.72. The van der Waals surface area contributed by atoms with Gasteiger partial charge >= 0.3 is 0 Å². The van der Waals surface area contributed by atoms with E-state index in [9.17, 15) is 19.7 Å². The molecule has 0 bridgehead atoms. The predicted molar refractivity (Wildman–Crippen MR) is 122 cm³/mol. The number of amides is 1. The van der Waals surface area contributed by atoms with Crippen LogP contribution in [0.1, 0.15) is 57.4 Å². The molecule has 32 heavy (non-hydrogen) atoms. The quantitative estimate of drug-likeness (QED) is 0.523. The molecular formula is C24H28ClN3O4. The van der Waals surface area contributed by atoms with Gasteiger partial charge in [0, 0.05) is 48.5 Å². The molecule has 170 valence electrons. The van der Waals surface area contributed by atoms with Gasteiger partial charge in [-0.3, -0.25) is 19.7 Å². The normalized spacial score (nSPS) is 25.3. The summed E-state index contributed by atoms with van der Waals surface area (Å²) in [5.74, 6) is -1.46. The standard InChI is InChI=1S/C24H28ClN3O4/c1-14-20(23(30)27-9-5-4-6-10-27)21(15-7-8-16(25)18(11-15)28(31)32)22-17(26-14)12-24(2,3)13-19(22)29/h7-8,11,20-21,26H,1,4-6,9-10,12-13H2,2-3H3. The maximum absolute atomic E-state index is 13.7. The molecule has 0 radical (unpaired) electrons. The number of carbonyl (C=O) groups excluding carboxylic acids is 2. The van der Waals surface area contributed by atoms with E-state index in [1.807, 2.05) is 18.7 Å². The molecular weight excluding hydrogens is 430 g/mol. The predicted octanol–water partition coefficient (Wildman–Crippen LogP) is 4.72. The first-order chi connectivity index (χ1) is 15.1. The molecule has 4 rings (SSSR count). The first kappa shape index (κ1) is 22.5. The van der Waals surface area contributed by atoms with Gasteiger partial charge in [-0.15, -0.1) is 0 Å². The molecule has 1 amide bonds. The highest BCUT2D eigenvalue weighted by molar-refractivity contribution is 6.32. The Kier molecular flexibility index (Phi) is 5.88. The molecule has 2 atom stereocenters. The van der Waals surface area contributed by atoms with Crippen LogP contribution in [0.2, 0.25) is 5.02 Å². The van der Waals surface area contributed by atoms with Crippen LogP contribution in [0, 0.1) is 21.4 Å². The van der Waals surface area contributed by atoms with E-state index in [4.69, 9.17) is 11.6 Å². The highest BCUT2D eigenvalue weighted by Crippen LogP contribution is 2.49. The summed E-state index contributed by atoms with van der Waals surface area (Å²) in [4.78, 5) is 39.9. The Morgan fingerprint density at radius 3 is 2.59 bits per heavy atom. The number of hydrogen-bond acceptors (Lipinski definition) is 5. The van der Waals surface area contributed by atoms with E-state index in [-0.39, 0.29) is 27.8 Å². The lowest BCUT2D eigenvalue weighted by atomic mass is 9.66. The van der Waals surface area contributed by atoms with Crippen LogP contribution in [-0.4, -0.2) is 34.6 Å². The molecule has 1 saturated heterocycles. The Bertz CT molecular complexity index is 1040. The number of rotatable bonds is 3. The summed E-state index contributed by atoms with van der Waals surface area (Å²) in [6, 6.07) is 4.56. The lowest BCUT2D eigenvalue weighted by Crippen LogP contribution is -2.48. The van der Waals surface area contributed by atoms with Gasteiger partial charge in [-0.1, -0.05) is 38.1 Å². The first-order valence-electron chi connectivity index (χ1n) is 11.0. The van der Waals surface area contributed by atoms with Crippen molar-refractivity contribution in [3.05, 3.63) is 62.4 Å². The number of ketones is 1. The third-order valence-corrected chi connectivity index (χ3v) is 7.03. The number of nitro groups is 1. The minimum atomic E-state index is -0.710. The van der Waals surface area contributed by atoms with Crippen LogP contribution in [0.15, 0.2) is 41.7 Å². The van der Waals surface area contributed by atoms with E-state index in [1.54, 1.807) is 6.07 Å².